The molecule has 0 radical (unpaired) electrons. The molecule has 1 amide bonds. The van der Waals surface area contributed by atoms with Gasteiger partial charge in [-0.2, -0.15) is 0 Å². The Balaban J connectivity index is 2.22. The summed E-state index contributed by atoms with van der Waals surface area (Å²) >= 11 is 0. The van der Waals surface area contributed by atoms with Crippen LogP contribution in [0.15, 0.2) is 24.3 Å². The Bertz CT molecular complexity index is 363. The summed E-state index contributed by atoms with van der Waals surface area (Å²) in [4.78, 5) is 11.6. The highest BCUT2D eigenvalue weighted by Gasteiger charge is 2.05. The minimum atomic E-state index is 0.0524. The molecule has 0 aliphatic carbocycles. The number of aliphatic hydroxyl groups is 1. The summed E-state index contributed by atoms with van der Waals surface area (Å²) in [6.07, 6.45) is 1.93. The van der Waals surface area contributed by atoms with E-state index in [4.69, 9.17) is 10.8 Å². The van der Waals surface area contributed by atoms with Gasteiger partial charge < -0.3 is 16.2 Å². The van der Waals surface area contributed by atoms with Gasteiger partial charge in [0.1, 0.15) is 0 Å². The lowest BCUT2D eigenvalue weighted by atomic mass is 10.1. The number of carbonyl (C=O) groups excluding carboxylic acids is 1. The van der Waals surface area contributed by atoms with E-state index in [1.165, 1.54) is 0 Å². The SMILES string of the molecule is CC(CCO)CNC(=O)CCc1ccc(N)cc1. The van der Waals surface area contributed by atoms with Crippen LogP contribution in [0.3, 0.4) is 0 Å². The fourth-order valence-electron chi connectivity index (χ4n) is 1.64. The first-order valence-electron chi connectivity index (χ1n) is 6.33. The molecule has 1 unspecified atom stereocenters. The van der Waals surface area contributed by atoms with E-state index in [1.54, 1.807) is 0 Å². The molecule has 0 heterocycles. The number of hydrogen-bond donors (Lipinski definition) is 3. The lowest BCUT2D eigenvalue weighted by Crippen LogP contribution is -2.28. The van der Waals surface area contributed by atoms with Gasteiger partial charge in [0.2, 0.25) is 5.91 Å². The molecule has 1 atom stereocenters. The number of benzene rings is 1. The largest absolute Gasteiger partial charge is 0.399 e. The van der Waals surface area contributed by atoms with Crippen molar-refractivity contribution < 1.29 is 9.90 Å². The lowest BCUT2D eigenvalue weighted by molar-refractivity contribution is -0.121. The zero-order valence-corrected chi connectivity index (χ0v) is 10.9. The quantitative estimate of drug-likeness (QED) is 0.639. The van der Waals surface area contributed by atoms with Crippen molar-refractivity contribution in [2.24, 2.45) is 5.92 Å². The van der Waals surface area contributed by atoms with Gasteiger partial charge in [-0.05, 0) is 36.5 Å². The number of carbonyl (C=O) groups is 1. The third-order valence-electron chi connectivity index (χ3n) is 2.89. The molecule has 0 spiro atoms. The minimum absolute atomic E-state index is 0.0524. The molecular formula is C14H22N2O2. The fraction of sp³-hybridized carbons (Fsp3) is 0.500. The summed E-state index contributed by atoms with van der Waals surface area (Å²) in [5, 5.41) is 11.6. The Morgan fingerprint density at radius 3 is 2.67 bits per heavy atom. The number of nitrogens with one attached hydrogen (secondary N) is 1. The van der Waals surface area contributed by atoms with Crippen molar-refractivity contribution in [1.29, 1.82) is 0 Å². The second-order valence-electron chi connectivity index (χ2n) is 4.66. The number of hydrogen-bond acceptors (Lipinski definition) is 3. The van der Waals surface area contributed by atoms with Gasteiger partial charge in [0, 0.05) is 25.3 Å². The molecule has 1 rings (SSSR count). The van der Waals surface area contributed by atoms with Crippen LogP contribution >= 0.6 is 0 Å². The summed E-state index contributed by atoms with van der Waals surface area (Å²) in [5.74, 6) is 0.368. The Morgan fingerprint density at radius 2 is 2.06 bits per heavy atom. The maximum absolute atomic E-state index is 11.6. The highest BCUT2D eigenvalue weighted by Crippen LogP contribution is 2.07. The molecule has 4 nitrogen and oxygen atoms in total. The highest BCUT2D eigenvalue weighted by atomic mass is 16.3. The normalized spacial score (nSPS) is 12.1. The number of amides is 1. The average Bonchev–Trinajstić information content (AvgIpc) is 2.36. The van der Waals surface area contributed by atoms with Crippen LogP contribution in [-0.2, 0) is 11.2 Å². The predicted octanol–water partition coefficient (Wildman–Crippen LogP) is 1.34. The van der Waals surface area contributed by atoms with Crippen LogP contribution in [0.4, 0.5) is 5.69 Å². The number of aryl methyl sites for hydroxylation is 1. The van der Waals surface area contributed by atoms with E-state index < -0.39 is 0 Å². The van der Waals surface area contributed by atoms with Crippen molar-refractivity contribution >= 4 is 11.6 Å². The van der Waals surface area contributed by atoms with Crippen molar-refractivity contribution in [2.75, 3.05) is 18.9 Å². The van der Waals surface area contributed by atoms with Crippen LogP contribution < -0.4 is 11.1 Å². The Morgan fingerprint density at radius 1 is 1.39 bits per heavy atom. The van der Waals surface area contributed by atoms with Gasteiger partial charge in [-0.15, -0.1) is 0 Å². The number of aliphatic hydroxyl groups excluding tert-OH is 1. The van der Waals surface area contributed by atoms with E-state index in [0.29, 0.717) is 18.9 Å². The zero-order valence-electron chi connectivity index (χ0n) is 10.9. The van der Waals surface area contributed by atoms with Gasteiger partial charge in [0.05, 0.1) is 0 Å². The number of anilines is 1. The minimum Gasteiger partial charge on any atom is -0.399 e. The summed E-state index contributed by atoms with van der Waals surface area (Å²) in [6.45, 7) is 2.81. The van der Waals surface area contributed by atoms with Crippen LogP contribution in [0.2, 0.25) is 0 Å². The highest BCUT2D eigenvalue weighted by molar-refractivity contribution is 5.76. The van der Waals surface area contributed by atoms with Crippen molar-refractivity contribution in [1.82, 2.24) is 5.32 Å². The summed E-state index contributed by atoms with van der Waals surface area (Å²) < 4.78 is 0. The molecule has 0 aromatic heterocycles. The van der Waals surface area contributed by atoms with E-state index >= 15 is 0 Å². The van der Waals surface area contributed by atoms with Crippen LogP contribution in [0.5, 0.6) is 0 Å². The monoisotopic (exact) mass is 250 g/mol. The van der Waals surface area contributed by atoms with E-state index in [2.05, 4.69) is 5.32 Å². The molecule has 0 saturated heterocycles. The van der Waals surface area contributed by atoms with Gasteiger partial charge in [-0.3, -0.25) is 4.79 Å². The van der Waals surface area contributed by atoms with Gasteiger partial charge in [0.15, 0.2) is 0 Å². The molecule has 100 valence electrons. The Hall–Kier alpha value is -1.55. The predicted molar refractivity (Wildman–Crippen MR) is 73.1 cm³/mol. The van der Waals surface area contributed by atoms with E-state index in [-0.39, 0.29) is 12.5 Å². The average molecular weight is 250 g/mol. The zero-order chi connectivity index (χ0) is 13.4. The number of rotatable bonds is 7. The molecule has 0 bridgehead atoms. The number of nitrogens with two attached hydrogens (primary N) is 1. The van der Waals surface area contributed by atoms with Crippen molar-refractivity contribution in [3.05, 3.63) is 29.8 Å². The molecule has 18 heavy (non-hydrogen) atoms. The first-order chi connectivity index (χ1) is 8.61. The Kier molecular flexibility index (Phi) is 6.22. The summed E-state index contributed by atoms with van der Waals surface area (Å²) in [5.41, 5.74) is 7.44. The maximum atomic E-state index is 11.6. The molecule has 0 aliphatic heterocycles. The van der Waals surface area contributed by atoms with E-state index in [0.717, 1.165) is 24.1 Å². The number of nitrogen functional groups attached to an aromatic ring is 1. The lowest BCUT2D eigenvalue weighted by Gasteiger charge is -2.11. The van der Waals surface area contributed by atoms with Crippen molar-refractivity contribution in [3.8, 4) is 0 Å². The standard InChI is InChI=1S/C14H22N2O2/c1-11(8-9-17)10-16-14(18)7-4-12-2-5-13(15)6-3-12/h2-3,5-6,11,17H,4,7-10,15H2,1H3,(H,16,18). The second-order valence-corrected chi connectivity index (χ2v) is 4.66. The molecule has 0 aliphatic rings. The van der Waals surface area contributed by atoms with Crippen LogP contribution in [-0.4, -0.2) is 24.2 Å². The molecule has 1 aromatic rings. The van der Waals surface area contributed by atoms with Crippen molar-refractivity contribution in [2.45, 2.75) is 26.2 Å². The summed E-state index contributed by atoms with van der Waals surface area (Å²) in [7, 11) is 0. The second kappa shape index (κ2) is 7.71. The van der Waals surface area contributed by atoms with E-state index in [9.17, 15) is 4.79 Å². The first kappa shape index (κ1) is 14.5. The molecule has 1 aromatic carbocycles. The van der Waals surface area contributed by atoms with Crippen LogP contribution in [0.25, 0.3) is 0 Å². The third-order valence-corrected chi connectivity index (χ3v) is 2.89. The first-order valence-corrected chi connectivity index (χ1v) is 6.33. The maximum Gasteiger partial charge on any atom is 0.220 e. The third kappa shape index (κ3) is 5.68. The summed E-state index contributed by atoms with van der Waals surface area (Å²) in [6, 6.07) is 7.57. The molecular weight excluding hydrogens is 228 g/mol. The van der Waals surface area contributed by atoms with Gasteiger partial charge in [-0.1, -0.05) is 19.1 Å². The van der Waals surface area contributed by atoms with Crippen molar-refractivity contribution in [3.63, 3.8) is 0 Å². The topological polar surface area (TPSA) is 75.3 Å². The molecule has 4 N–H and O–H groups in total. The Labute approximate surface area is 108 Å². The fourth-order valence-corrected chi connectivity index (χ4v) is 1.64. The molecule has 0 saturated carbocycles. The molecule has 0 fully saturated rings. The van der Waals surface area contributed by atoms with Gasteiger partial charge >= 0.3 is 0 Å². The van der Waals surface area contributed by atoms with Gasteiger partial charge in [0.25, 0.3) is 0 Å². The van der Waals surface area contributed by atoms with Gasteiger partial charge in [-0.25, -0.2) is 0 Å². The van der Waals surface area contributed by atoms with Crippen LogP contribution in [0, 0.1) is 5.92 Å². The van der Waals surface area contributed by atoms with Crippen LogP contribution in [0.1, 0.15) is 25.3 Å². The molecule has 4 heteroatoms. The van der Waals surface area contributed by atoms with E-state index in [1.807, 2.05) is 31.2 Å². The smallest absolute Gasteiger partial charge is 0.220 e.